The van der Waals surface area contributed by atoms with Gasteiger partial charge >= 0.3 is 0 Å². The number of nitrogens with zero attached hydrogens (tertiary/aromatic N) is 2. The zero-order chi connectivity index (χ0) is 13.2. The molecule has 2 heterocycles. The molecule has 0 fully saturated rings. The first kappa shape index (κ1) is 11.7. The monoisotopic (exact) mass is 272 g/mol. The summed E-state index contributed by atoms with van der Waals surface area (Å²) in [6.07, 6.45) is 3.13. The SMILES string of the molecule is O=C(Nc1cc(Cl)ncn1)c1ccc2cc[nH]c2c1. The number of anilines is 1. The summed E-state index contributed by atoms with van der Waals surface area (Å²) in [6.45, 7) is 0. The molecule has 19 heavy (non-hydrogen) atoms. The Hall–Kier alpha value is -2.40. The molecule has 3 aromatic rings. The highest BCUT2D eigenvalue weighted by atomic mass is 35.5. The lowest BCUT2D eigenvalue weighted by Gasteiger charge is -2.04. The quantitative estimate of drug-likeness (QED) is 0.705. The zero-order valence-electron chi connectivity index (χ0n) is 9.72. The van der Waals surface area contributed by atoms with Crippen LogP contribution in [0.2, 0.25) is 5.15 Å². The Morgan fingerprint density at radius 1 is 1.21 bits per heavy atom. The van der Waals surface area contributed by atoms with E-state index >= 15 is 0 Å². The highest BCUT2D eigenvalue weighted by Crippen LogP contribution is 2.16. The number of hydrogen-bond acceptors (Lipinski definition) is 3. The van der Waals surface area contributed by atoms with E-state index in [2.05, 4.69) is 20.3 Å². The fourth-order valence-corrected chi connectivity index (χ4v) is 1.93. The standard InChI is InChI=1S/C13H9ClN4O/c14-11-6-12(17-7-16-11)18-13(19)9-2-1-8-3-4-15-10(8)5-9/h1-7,15H,(H,16,17,18,19). The van der Waals surface area contributed by atoms with Crippen LogP contribution in [0.1, 0.15) is 10.4 Å². The van der Waals surface area contributed by atoms with Crippen LogP contribution in [0.5, 0.6) is 0 Å². The first-order chi connectivity index (χ1) is 9.22. The molecule has 0 spiro atoms. The van der Waals surface area contributed by atoms with E-state index in [1.807, 2.05) is 18.3 Å². The average Bonchev–Trinajstić information content (AvgIpc) is 2.85. The second kappa shape index (κ2) is 4.70. The van der Waals surface area contributed by atoms with Crippen molar-refractivity contribution in [1.82, 2.24) is 15.0 Å². The molecule has 0 radical (unpaired) electrons. The van der Waals surface area contributed by atoms with Crippen LogP contribution in [0.4, 0.5) is 5.82 Å². The molecule has 0 saturated carbocycles. The van der Waals surface area contributed by atoms with Crippen LogP contribution in [-0.2, 0) is 0 Å². The average molecular weight is 273 g/mol. The number of carbonyl (C=O) groups excluding carboxylic acids is 1. The molecular weight excluding hydrogens is 264 g/mol. The summed E-state index contributed by atoms with van der Waals surface area (Å²) < 4.78 is 0. The fraction of sp³-hybridized carbons (Fsp3) is 0. The second-order valence-electron chi connectivity index (χ2n) is 3.96. The molecule has 0 saturated heterocycles. The van der Waals surface area contributed by atoms with E-state index in [-0.39, 0.29) is 11.1 Å². The highest BCUT2D eigenvalue weighted by molar-refractivity contribution is 6.29. The third-order valence-electron chi connectivity index (χ3n) is 2.69. The summed E-state index contributed by atoms with van der Waals surface area (Å²) in [5.41, 5.74) is 1.46. The Kier molecular flexibility index (Phi) is 2.89. The molecule has 3 rings (SSSR count). The summed E-state index contributed by atoms with van der Waals surface area (Å²) >= 11 is 5.73. The smallest absolute Gasteiger partial charge is 0.256 e. The number of carbonyl (C=O) groups is 1. The minimum absolute atomic E-state index is 0.244. The molecule has 1 amide bonds. The maximum atomic E-state index is 12.1. The van der Waals surface area contributed by atoms with Gasteiger partial charge in [-0.2, -0.15) is 0 Å². The number of halogens is 1. The first-order valence-electron chi connectivity index (χ1n) is 5.58. The van der Waals surface area contributed by atoms with Gasteiger partial charge in [-0.25, -0.2) is 9.97 Å². The van der Waals surface area contributed by atoms with Crippen molar-refractivity contribution in [3.63, 3.8) is 0 Å². The van der Waals surface area contributed by atoms with Crippen LogP contribution >= 0.6 is 11.6 Å². The van der Waals surface area contributed by atoms with Gasteiger partial charge in [-0.15, -0.1) is 0 Å². The molecule has 0 aliphatic rings. The van der Waals surface area contributed by atoms with E-state index in [1.165, 1.54) is 12.4 Å². The maximum absolute atomic E-state index is 12.1. The van der Waals surface area contributed by atoms with E-state index in [0.717, 1.165) is 10.9 Å². The van der Waals surface area contributed by atoms with E-state index in [9.17, 15) is 4.79 Å². The van der Waals surface area contributed by atoms with Crippen molar-refractivity contribution in [3.8, 4) is 0 Å². The van der Waals surface area contributed by atoms with Crippen molar-refractivity contribution in [3.05, 3.63) is 53.6 Å². The minimum Gasteiger partial charge on any atom is -0.361 e. The molecule has 0 atom stereocenters. The number of rotatable bonds is 2. The first-order valence-corrected chi connectivity index (χ1v) is 5.96. The lowest BCUT2D eigenvalue weighted by molar-refractivity contribution is 0.102. The molecule has 0 bridgehead atoms. The minimum atomic E-state index is -0.244. The predicted octanol–water partition coefficient (Wildman–Crippen LogP) is 2.86. The molecule has 94 valence electrons. The Balaban J connectivity index is 1.87. The molecule has 2 N–H and O–H groups in total. The number of aromatic amines is 1. The van der Waals surface area contributed by atoms with Gasteiger partial charge in [0.05, 0.1) is 0 Å². The summed E-state index contributed by atoms with van der Waals surface area (Å²) in [7, 11) is 0. The van der Waals surface area contributed by atoms with E-state index < -0.39 is 0 Å². The van der Waals surface area contributed by atoms with Gasteiger partial charge in [0.15, 0.2) is 0 Å². The number of nitrogens with one attached hydrogen (secondary N) is 2. The van der Waals surface area contributed by atoms with Gasteiger partial charge in [-0.05, 0) is 23.6 Å². The molecular formula is C13H9ClN4O. The lowest BCUT2D eigenvalue weighted by atomic mass is 10.1. The second-order valence-corrected chi connectivity index (χ2v) is 4.35. The summed E-state index contributed by atoms with van der Waals surface area (Å²) in [6, 6.07) is 8.86. The van der Waals surface area contributed by atoms with Crippen LogP contribution in [-0.4, -0.2) is 20.9 Å². The van der Waals surface area contributed by atoms with Gasteiger partial charge in [0.25, 0.3) is 5.91 Å². The number of benzene rings is 1. The summed E-state index contributed by atoms with van der Waals surface area (Å²) in [5, 5.41) is 4.01. The Bertz CT molecular complexity index is 753. The van der Waals surface area contributed by atoms with E-state index in [1.54, 1.807) is 12.1 Å². The zero-order valence-corrected chi connectivity index (χ0v) is 10.5. The molecule has 0 aliphatic carbocycles. The van der Waals surface area contributed by atoms with Crippen molar-refractivity contribution in [1.29, 1.82) is 0 Å². The molecule has 5 nitrogen and oxygen atoms in total. The number of amides is 1. The van der Waals surface area contributed by atoms with Gasteiger partial charge in [0.2, 0.25) is 0 Å². The fourth-order valence-electron chi connectivity index (χ4n) is 1.78. The lowest BCUT2D eigenvalue weighted by Crippen LogP contribution is -2.12. The number of aromatic nitrogens is 3. The van der Waals surface area contributed by atoms with E-state index in [0.29, 0.717) is 11.4 Å². The Labute approximate surface area is 113 Å². The van der Waals surface area contributed by atoms with Crippen LogP contribution in [0.3, 0.4) is 0 Å². The molecule has 1 aromatic carbocycles. The van der Waals surface area contributed by atoms with Crippen LogP contribution in [0.25, 0.3) is 10.9 Å². The third-order valence-corrected chi connectivity index (χ3v) is 2.90. The van der Waals surface area contributed by atoms with Gasteiger partial charge in [0.1, 0.15) is 17.3 Å². The molecule has 6 heteroatoms. The van der Waals surface area contributed by atoms with Crippen molar-refractivity contribution in [2.75, 3.05) is 5.32 Å². The van der Waals surface area contributed by atoms with Gasteiger partial charge in [-0.3, -0.25) is 4.79 Å². The van der Waals surface area contributed by atoms with Gasteiger partial charge in [-0.1, -0.05) is 17.7 Å². The largest absolute Gasteiger partial charge is 0.361 e. The van der Waals surface area contributed by atoms with Crippen molar-refractivity contribution in [2.45, 2.75) is 0 Å². The van der Waals surface area contributed by atoms with Crippen molar-refractivity contribution >= 4 is 34.2 Å². The topological polar surface area (TPSA) is 70.7 Å². The van der Waals surface area contributed by atoms with Crippen molar-refractivity contribution < 1.29 is 4.79 Å². The Morgan fingerprint density at radius 2 is 2.11 bits per heavy atom. The molecule has 0 aliphatic heterocycles. The maximum Gasteiger partial charge on any atom is 0.256 e. The summed E-state index contributed by atoms with van der Waals surface area (Å²) in [5.74, 6) is 0.128. The number of hydrogen-bond donors (Lipinski definition) is 2. The molecule has 0 unspecified atom stereocenters. The Morgan fingerprint density at radius 3 is 2.95 bits per heavy atom. The van der Waals surface area contributed by atoms with Crippen molar-refractivity contribution in [2.24, 2.45) is 0 Å². The van der Waals surface area contributed by atoms with Gasteiger partial charge < -0.3 is 10.3 Å². The van der Waals surface area contributed by atoms with Gasteiger partial charge in [0, 0.05) is 23.3 Å². The third kappa shape index (κ3) is 2.41. The molecule has 2 aromatic heterocycles. The van der Waals surface area contributed by atoms with E-state index in [4.69, 9.17) is 11.6 Å². The number of fused-ring (bicyclic) bond motifs is 1. The normalized spacial score (nSPS) is 10.6. The predicted molar refractivity (Wildman–Crippen MR) is 73.3 cm³/mol. The number of H-pyrrole nitrogens is 1. The van der Waals surface area contributed by atoms with Crippen LogP contribution < -0.4 is 5.32 Å². The van der Waals surface area contributed by atoms with Crippen LogP contribution in [0.15, 0.2) is 42.9 Å². The summed E-state index contributed by atoms with van der Waals surface area (Å²) in [4.78, 5) is 22.8. The highest BCUT2D eigenvalue weighted by Gasteiger charge is 2.08. The van der Waals surface area contributed by atoms with Crippen LogP contribution in [0, 0.1) is 0 Å².